The van der Waals surface area contributed by atoms with Gasteiger partial charge in [0.15, 0.2) is 10.9 Å². The van der Waals surface area contributed by atoms with Gasteiger partial charge in [-0.3, -0.25) is 19.3 Å². The summed E-state index contributed by atoms with van der Waals surface area (Å²) in [5.41, 5.74) is 0.788. The fraction of sp³-hybridized carbons (Fsp3) is 0.538. The summed E-state index contributed by atoms with van der Waals surface area (Å²) >= 11 is 1.26. The van der Waals surface area contributed by atoms with Crippen LogP contribution in [0.25, 0.3) is 0 Å². The van der Waals surface area contributed by atoms with E-state index < -0.39 is 5.92 Å². The van der Waals surface area contributed by atoms with E-state index in [2.05, 4.69) is 9.72 Å². The van der Waals surface area contributed by atoms with Crippen LogP contribution in [-0.4, -0.2) is 36.3 Å². The highest BCUT2D eigenvalue weighted by Gasteiger charge is 2.38. The topological polar surface area (TPSA) is 76.6 Å². The van der Waals surface area contributed by atoms with E-state index >= 15 is 0 Å². The third-order valence-electron chi connectivity index (χ3n) is 3.65. The molecule has 2 heterocycles. The Hall–Kier alpha value is -1.76. The molecule has 106 valence electrons. The minimum absolute atomic E-state index is 0.103. The molecule has 20 heavy (non-hydrogen) atoms. The number of methoxy groups -OCH3 is 1. The molecule has 0 spiro atoms. The summed E-state index contributed by atoms with van der Waals surface area (Å²) in [6, 6.07) is 0. The minimum Gasteiger partial charge on any atom is -0.469 e. The molecule has 2 aliphatic rings. The van der Waals surface area contributed by atoms with Crippen molar-refractivity contribution in [3.8, 4) is 0 Å². The van der Waals surface area contributed by atoms with Gasteiger partial charge in [0.1, 0.15) is 0 Å². The van der Waals surface area contributed by atoms with Crippen LogP contribution in [0.4, 0.5) is 5.13 Å². The van der Waals surface area contributed by atoms with Gasteiger partial charge in [-0.05, 0) is 12.8 Å². The number of rotatable bonds is 2. The minimum atomic E-state index is -0.441. The Morgan fingerprint density at radius 3 is 2.90 bits per heavy atom. The fourth-order valence-electron chi connectivity index (χ4n) is 2.59. The van der Waals surface area contributed by atoms with Crippen LogP contribution in [0.15, 0.2) is 0 Å². The standard InChI is InChI=1S/C13H14N2O4S/c1-19-12(18)7-5-10(17)15(6-7)13-14-8-3-2-4-9(16)11(8)20-13/h7H,2-6H2,1H3. The van der Waals surface area contributed by atoms with Crippen molar-refractivity contribution in [3.63, 3.8) is 0 Å². The lowest BCUT2D eigenvalue weighted by Gasteiger charge is -2.11. The summed E-state index contributed by atoms with van der Waals surface area (Å²) in [5.74, 6) is -0.854. The molecular weight excluding hydrogens is 280 g/mol. The van der Waals surface area contributed by atoms with Crippen LogP contribution < -0.4 is 4.90 Å². The van der Waals surface area contributed by atoms with E-state index in [1.165, 1.54) is 23.3 Å². The van der Waals surface area contributed by atoms with E-state index in [1.807, 2.05) is 0 Å². The molecule has 1 aliphatic heterocycles. The molecule has 1 aromatic heterocycles. The van der Waals surface area contributed by atoms with Gasteiger partial charge >= 0.3 is 5.97 Å². The zero-order valence-electron chi connectivity index (χ0n) is 11.0. The molecule has 0 aromatic carbocycles. The first-order valence-electron chi connectivity index (χ1n) is 6.51. The van der Waals surface area contributed by atoms with E-state index in [-0.39, 0.29) is 30.6 Å². The molecular formula is C13H14N2O4S. The monoisotopic (exact) mass is 294 g/mol. The Balaban J connectivity index is 1.85. The summed E-state index contributed by atoms with van der Waals surface area (Å²) in [6.07, 6.45) is 2.28. The highest BCUT2D eigenvalue weighted by Crippen LogP contribution is 2.34. The number of hydrogen-bond acceptors (Lipinski definition) is 6. The average molecular weight is 294 g/mol. The predicted octanol–water partition coefficient (Wildman–Crippen LogP) is 1.19. The van der Waals surface area contributed by atoms with E-state index in [1.54, 1.807) is 0 Å². The van der Waals surface area contributed by atoms with Gasteiger partial charge in [0.25, 0.3) is 0 Å². The zero-order chi connectivity index (χ0) is 14.3. The molecule has 1 saturated heterocycles. The van der Waals surface area contributed by atoms with Gasteiger partial charge in [-0.1, -0.05) is 11.3 Å². The molecule has 3 rings (SSSR count). The number of Topliss-reactive ketones (excluding diaryl/α,β-unsaturated/α-hetero) is 1. The quantitative estimate of drug-likeness (QED) is 0.766. The number of fused-ring (bicyclic) bond motifs is 1. The summed E-state index contributed by atoms with van der Waals surface area (Å²) < 4.78 is 4.68. The Morgan fingerprint density at radius 1 is 1.40 bits per heavy atom. The molecule has 0 N–H and O–H groups in total. The smallest absolute Gasteiger partial charge is 0.311 e. The largest absolute Gasteiger partial charge is 0.469 e. The van der Waals surface area contributed by atoms with Crippen LogP contribution in [-0.2, 0) is 20.7 Å². The van der Waals surface area contributed by atoms with Crippen molar-refractivity contribution in [2.75, 3.05) is 18.6 Å². The Kier molecular flexibility index (Phi) is 3.29. The second-order valence-corrected chi connectivity index (χ2v) is 5.96. The van der Waals surface area contributed by atoms with Crippen molar-refractivity contribution >= 4 is 34.1 Å². The molecule has 0 saturated carbocycles. The number of carbonyl (C=O) groups is 3. The fourth-order valence-corrected chi connectivity index (χ4v) is 3.70. The third-order valence-corrected chi connectivity index (χ3v) is 4.81. The number of carbonyl (C=O) groups excluding carboxylic acids is 3. The van der Waals surface area contributed by atoms with Gasteiger partial charge in [-0.25, -0.2) is 4.98 Å². The molecule has 0 radical (unpaired) electrons. The Bertz CT molecular complexity index is 595. The number of aromatic nitrogens is 1. The lowest BCUT2D eigenvalue weighted by atomic mass is 10.0. The Labute approximate surface area is 119 Å². The van der Waals surface area contributed by atoms with Gasteiger partial charge in [-0.15, -0.1) is 0 Å². The lowest BCUT2D eigenvalue weighted by molar-refractivity contribution is -0.145. The molecule has 0 bridgehead atoms. The van der Waals surface area contributed by atoms with Gasteiger partial charge in [0, 0.05) is 19.4 Å². The second-order valence-electron chi connectivity index (χ2n) is 4.98. The molecule has 1 atom stereocenters. The van der Waals surface area contributed by atoms with Gasteiger partial charge in [-0.2, -0.15) is 0 Å². The van der Waals surface area contributed by atoms with Crippen molar-refractivity contribution in [3.05, 3.63) is 10.6 Å². The molecule has 1 aromatic rings. The summed E-state index contributed by atoms with van der Waals surface area (Å²) in [6.45, 7) is 0.284. The third kappa shape index (κ3) is 2.11. The predicted molar refractivity (Wildman–Crippen MR) is 71.9 cm³/mol. The molecule has 1 aliphatic carbocycles. The van der Waals surface area contributed by atoms with Crippen molar-refractivity contribution in [1.29, 1.82) is 0 Å². The number of thiazole rings is 1. The van der Waals surface area contributed by atoms with E-state index in [9.17, 15) is 14.4 Å². The second kappa shape index (κ2) is 4.97. The van der Waals surface area contributed by atoms with Crippen LogP contribution in [0, 0.1) is 5.92 Å². The van der Waals surface area contributed by atoms with E-state index in [0.29, 0.717) is 16.4 Å². The number of aryl methyl sites for hydroxylation is 1. The normalized spacial score (nSPS) is 22.1. The summed E-state index contributed by atoms with van der Waals surface area (Å²) in [4.78, 5) is 41.9. The first kappa shape index (κ1) is 13.2. The van der Waals surface area contributed by atoms with Crippen molar-refractivity contribution < 1.29 is 19.1 Å². The number of nitrogens with zero attached hydrogens (tertiary/aromatic N) is 2. The lowest BCUT2D eigenvalue weighted by Crippen LogP contribution is -2.26. The molecule has 1 amide bonds. The first-order chi connectivity index (χ1) is 9.60. The van der Waals surface area contributed by atoms with Crippen LogP contribution in [0.5, 0.6) is 0 Å². The maximum atomic E-state index is 12.0. The van der Waals surface area contributed by atoms with Crippen LogP contribution in [0.2, 0.25) is 0 Å². The van der Waals surface area contributed by atoms with Crippen LogP contribution >= 0.6 is 11.3 Å². The van der Waals surface area contributed by atoms with Gasteiger partial charge in [0.2, 0.25) is 5.91 Å². The van der Waals surface area contributed by atoms with Gasteiger partial charge < -0.3 is 4.74 Å². The number of ether oxygens (including phenoxy) is 1. The number of anilines is 1. The summed E-state index contributed by atoms with van der Waals surface area (Å²) in [7, 11) is 1.32. The molecule has 1 unspecified atom stereocenters. The van der Waals surface area contributed by atoms with Crippen LogP contribution in [0.1, 0.15) is 34.6 Å². The zero-order valence-corrected chi connectivity index (χ0v) is 11.9. The van der Waals surface area contributed by atoms with Crippen molar-refractivity contribution in [1.82, 2.24) is 4.98 Å². The highest BCUT2D eigenvalue weighted by atomic mass is 32.1. The van der Waals surface area contributed by atoms with E-state index in [4.69, 9.17) is 0 Å². The number of ketones is 1. The Morgan fingerprint density at radius 2 is 2.20 bits per heavy atom. The molecule has 7 heteroatoms. The van der Waals surface area contributed by atoms with Crippen molar-refractivity contribution in [2.24, 2.45) is 5.92 Å². The average Bonchev–Trinajstić information content (AvgIpc) is 3.02. The number of hydrogen-bond donors (Lipinski definition) is 0. The SMILES string of the molecule is COC(=O)C1CC(=O)N(c2nc3c(s2)C(=O)CCC3)C1. The van der Waals surface area contributed by atoms with Crippen LogP contribution in [0.3, 0.4) is 0 Å². The van der Waals surface area contributed by atoms with E-state index in [0.717, 1.165) is 18.5 Å². The highest BCUT2D eigenvalue weighted by molar-refractivity contribution is 7.17. The van der Waals surface area contributed by atoms with Gasteiger partial charge in [0.05, 0.1) is 23.6 Å². The number of amides is 1. The summed E-state index contributed by atoms with van der Waals surface area (Å²) in [5, 5.41) is 0.529. The first-order valence-corrected chi connectivity index (χ1v) is 7.33. The van der Waals surface area contributed by atoms with Crippen molar-refractivity contribution in [2.45, 2.75) is 25.7 Å². The maximum Gasteiger partial charge on any atom is 0.311 e. The number of esters is 1. The molecule has 6 nitrogen and oxygen atoms in total. The molecule has 1 fully saturated rings. The maximum absolute atomic E-state index is 12.0.